The molecule has 2 amide bonds. The molecule has 0 spiro atoms. The van der Waals surface area contributed by atoms with E-state index in [0.717, 1.165) is 24.1 Å². The minimum atomic E-state index is -0.274. The molecule has 0 aliphatic carbocycles. The predicted octanol–water partition coefficient (Wildman–Crippen LogP) is 3.02. The van der Waals surface area contributed by atoms with E-state index in [2.05, 4.69) is 25.6 Å². The molecule has 0 radical (unpaired) electrons. The van der Waals surface area contributed by atoms with E-state index in [1.807, 2.05) is 32.9 Å². The Labute approximate surface area is 130 Å². The lowest BCUT2D eigenvalue weighted by Crippen LogP contribution is -2.32. The van der Waals surface area contributed by atoms with Gasteiger partial charge in [0.05, 0.1) is 6.04 Å². The van der Waals surface area contributed by atoms with Gasteiger partial charge in [-0.05, 0) is 37.5 Å². The van der Waals surface area contributed by atoms with Crippen molar-refractivity contribution in [2.75, 3.05) is 5.32 Å². The first kappa shape index (κ1) is 15.9. The highest BCUT2D eigenvalue weighted by atomic mass is 16.2. The molecule has 2 heterocycles. The number of amides is 2. The smallest absolute Gasteiger partial charge is 0.320 e. The second-order valence-electron chi connectivity index (χ2n) is 4.99. The van der Waals surface area contributed by atoms with Gasteiger partial charge in [0, 0.05) is 24.2 Å². The fraction of sp³-hybridized carbons (Fsp3) is 0.375. The number of hydrogen-bond acceptors (Lipinski definition) is 4. The minimum Gasteiger partial charge on any atom is -0.331 e. The molecule has 0 aliphatic rings. The summed E-state index contributed by atoms with van der Waals surface area (Å²) in [4.78, 5) is 24.7. The van der Waals surface area contributed by atoms with Crippen LogP contribution in [-0.2, 0) is 6.42 Å². The van der Waals surface area contributed by atoms with E-state index < -0.39 is 0 Å². The van der Waals surface area contributed by atoms with Gasteiger partial charge in [-0.25, -0.2) is 14.8 Å². The topological polar surface area (TPSA) is 79.8 Å². The zero-order valence-electron chi connectivity index (χ0n) is 13.1. The Balaban J connectivity index is 2.04. The van der Waals surface area contributed by atoms with Crippen molar-refractivity contribution in [1.82, 2.24) is 20.3 Å². The Hall–Kier alpha value is -2.50. The molecule has 0 aliphatic heterocycles. The highest BCUT2D eigenvalue weighted by molar-refractivity contribution is 5.88. The molecule has 116 valence electrons. The Kier molecular flexibility index (Phi) is 5.41. The Bertz CT molecular complexity index is 630. The van der Waals surface area contributed by atoms with E-state index in [9.17, 15) is 4.79 Å². The van der Waals surface area contributed by atoms with Gasteiger partial charge < -0.3 is 5.32 Å². The second kappa shape index (κ2) is 7.49. The molecular weight excluding hydrogens is 278 g/mol. The SMILES string of the molecule is CCc1cc(NC(=O)NC(CC)c2ccncc2)nc(C)n1. The maximum atomic E-state index is 12.2. The van der Waals surface area contributed by atoms with Crippen LogP contribution >= 0.6 is 0 Å². The first-order valence-corrected chi connectivity index (χ1v) is 7.44. The van der Waals surface area contributed by atoms with Crippen molar-refractivity contribution >= 4 is 11.8 Å². The lowest BCUT2D eigenvalue weighted by molar-refractivity contribution is 0.248. The summed E-state index contributed by atoms with van der Waals surface area (Å²) in [5, 5.41) is 5.73. The molecule has 2 N–H and O–H groups in total. The maximum Gasteiger partial charge on any atom is 0.320 e. The average Bonchev–Trinajstić information content (AvgIpc) is 2.52. The molecule has 2 aromatic heterocycles. The van der Waals surface area contributed by atoms with Crippen LogP contribution in [0.3, 0.4) is 0 Å². The van der Waals surface area contributed by atoms with E-state index in [-0.39, 0.29) is 12.1 Å². The highest BCUT2D eigenvalue weighted by Gasteiger charge is 2.13. The standard InChI is InChI=1S/C16H21N5O/c1-4-13-10-15(19-11(3)18-13)21-16(22)20-14(5-2)12-6-8-17-9-7-12/h6-10,14H,4-5H2,1-3H3,(H2,18,19,20,21,22). The van der Waals surface area contributed by atoms with E-state index in [1.54, 1.807) is 18.5 Å². The summed E-state index contributed by atoms with van der Waals surface area (Å²) >= 11 is 0. The first-order chi connectivity index (χ1) is 10.6. The summed E-state index contributed by atoms with van der Waals surface area (Å²) in [5.74, 6) is 1.17. The van der Waals surface area contributed by atoms with Crippen molar-refractivity contribution in [2.24, 2.45) is 0 Å². The molecule has 22 heavy (non-hydrogen) atoms. The van der Waals surface area contributed by atoms with E-state index >= 15 is 0 Å². The molecule has 2 rings (SSSR count). The van der Waals surface area contributed by atoms with Crippen LogP contribution in [0.25, 0.3) is 0 Å². The monoisotopic (exact) mass is 299 g/mol. The number of aryl methyl sites for hydroxylation is 2. The number of rotatable bonds is 5. The van der Waals surface area contributed by atoms with Gasteiger partial charge in [0.15, 0.2) is 0 Å². The number of nitrogens with one attached hydrogen (secondary N) is 2. The first-order valence-electron chi connectivity index (χ1n) is 7.44. The number of pyridine rings is 1. The lowest BCUT2D eigenvalue weighted by Gasteiger charge is -2.17. The average molecular weight is 299 g/mol. The van der Waals surface area contributed by atoms with Gasteiger partial charge in [0.1, 0.15) is 11.6 Å². The molecular formula is C16H21N5O. The van der Waals surface area contributed by atoms with Crippen LogP contribution in [0.1, 0.15) is 43.4 Å². The van der Waals surface area contributed by atoms with Crippen LogP contribution in [0.15, 0.2) is 30.6 Å². The van der Waals surface area contributed by atoms with Crippen LogP contribution in [-0.4, -0.2) is 21.0 Å². The third-order valence-electron chi connectivity index (χ3n) is 3.32. The third kappa shape index (κ3) is 4.25. The van der Waals surface area contributed by atoms with E-state index in [0.29, 0.717) is 11.6 Å². The van der Waals surface area contributed by atoms with Crippen LogP contribution in [0.5, 0.6) is 0 Å². The number of aromatic nitrogens is 3. The zero-order valence-corrected chi connectivity index (χ0v) is 13.1. The van der Waals surface area contributed by atoms with Crippen LogP contribution in [0.4, 0.5) is 10.6 Å². The van der Waals surface area contributed by atoms with Gasteiger partial charge in [0.2, 0.25) is 0 Å². The van der Waals surface area contributed by atoms with Crippen molar-refractivity contribution in [2.45, 2.75) is 39.7 Å². The molecule has 6 heteroatoms. The maximum absolute atomic E-state index is 12.2. The molecule has 0 saturated carbocycles. The summed E-state index contributed by atoms with van der Waals surface area (Å²) < 4.78 is 0. The molecule has 0 aromatic carbocycles. The molecule has 2 aromatic rings. The van der Waals surface area contributed by atoms with Gasteiger partial charge in [-0.15, -0.1) is 0 Å². The second-order valence-corrected chi connectivity index (χ2v) is 4.99. The molecule has 0 saturated heterocycles. The van der Waals surface area contributed by atoms with Gasteiger partial charge in [-0.1, -0.05) is 13.8 Å². The van der Waals surface area contributed by atoms with Crippen LogP contribution in [0, 0.1) is 6.92 Å². The van der Waals surface area contributed by atoms with Crippen LogP contribution in [0.2, 0.25) is 0 Å². The van der Waals surface area contributed by atoms with Crippen molar-refractivity contribution in [1.29, 1.82) is 0 Å². The number of urea groups is 1. The largest absolute Gasteiger partial charge is 0.331 e. The fourth-order valence-electron chi connectivity index (χ4n) is 2.20. The molecule has 0 bridgehead atoms. The van der Waals surface area contributed by atoms with Gasteiger partial charge in [-0.2, -0.15) is 0 Å². The minimum absolute atomic E-state index is 0.0587. The van der Waals surface area contributed by atoms with Crippen LogP contribution < -0.4 is 10.6 Å². The molecule has 0 fully saturated rings. The van der Waals surface area contributed by atoms with E-state index in [1.165, 1.54) is 0 Å². The van der Waals surface area contributed by atoms with Crippen molar-refractivity contribution in [3.05, 3.63) is 47.7 Å². The number of anilines is 1. The van der Waals surface area contributed by atoms with Crippen molar-refractivity contribution in [3.8, 4) is 0 Å². The molecule has 1 atom stereocenters. The number of hydrogen-bond donors (Lipinski definition) is 2. The number of nitrogens with zero attached hydrogens (tertiary/aromatic N) is 3. The normalized spacial score (nSPS) is 11.8. The quantitative estimate of drug-likeness (QED) is 0.889. The fourth-order valence-corrected chi connectivity index (χ4v) is 2.20. The summed E-state index contributed by atoms with van der Waals surface area (Å²) in [7, 11) is 0. The zero-order chi connectivity index (χ0) is 15.9. The van der Waals surface area contributed by atoms with Crippen molar-refractivity contribution < 1.29 is 4.79 Å². The number of carbonyl (C=O) groups excluding carboxylic acids is 1. The highest BCUT2D eigenvalue weighted by Crippen LogP contribution is 2.15. The number of carbonyl (C=O) groups is 1. The molecule has 1 unspecified atom stereocenters. The van der Waals surface area contributed by atoms with E-state index in [4.69, 9.17) is 0 Å². The van der Waals surface area contributed by atoms with Crippen molar-refractivity contribution in [3.63, 3.8) is 0 Å². The Morgan fingerprint density at radius 3 is 2.59 bits per heavy atom. The predicted molar refractivity (Wildman–Crippen MR) is 85.6 cm³/mol. The summed E-state index contributed by atoms with van der Waals surface area (Å²) in [6.45, 7) is 5.85. The van der Waals surface area contributed by atoms with Gasteiger partial charge in [0.25, 0.3) is 0 Å². The summed E-state index contributed by atoms with van der Waals surface area (Å²) in [5.41, 5.74) is 1.93. The van der Waals surface area contributed by atoms with Gasteiger partial charge >= 0.3 is 6.03 Å². The Morgan fingerprint density at radius 2 is 1.95 bits per heavy atom. The third-order valence-corrected chi connectivity index (χ3v) is 3.32. The lowest BCUT2D eigenvalue weighted by atomic mass is 10.1. The summed E-state index contributed by atoms with van der Waals surface area (Å²) in [6.07, 6.45) is 5.03. The Morgan fingerprint density at radius 1 is 1.23 bits per heavy atom. The van der Waals surface area contributed by atoms with Gasteiger partial charge in [-0.3, -0.25) is 10.3 Å². The summed E-state index contributed by atoms with van der Waals surface area (Å²) in [6, 6.07) is 5.26. The molecule has 6 nitrogen and oxygen atoms in total.